The molecule has 9 nitrogen and oxygen atoms in total. The van der Waals surface area contributed by atoms with Crippen LogP contribution >= 0.6 is 23.2 Å². The molecule has 2 aromatic carbocycles. The molecule has 3 N–H and O–H groups in total. The molecule has 2 aliphatic rings. The van der Waals surface area contributed by atoms with Crippen LogP contribution in [0, 0.1) is 0 Å². The Morgan fingerprint density at radius 2 is 1.81 bits per heavy atom. The largest absolute Gasteiger partial charge is 0.454 e. The number of anilines is 1. The van der Waals surface area contributed by atoms with Gasteiger partial charge in [-0.3, -0.25) is 9.59 Å². The molecule has 3 aromatic rings. The fraction of sp³-hybridized carbons (Fsp3) is 0.200. The average molecular weight is 460 g/mol. The minimum atomic E-state index is -0.852. The number of carbonyl (C=O) groups is 1. The van der Waals surface area contributed by atoms with Crippen LogP contribution in [0.15, 0.2) is 46.1 Å². The molecule has 1 aromatic heterocycles. The summed E-state index contributed by atoms with van der Waals surface area (Å²) in [6, 6.07) is 8.18. The van der Waals surface area contributed by atoms with Gasteiger partial charge in [0.1, 0.15) is 11.9 Å². The summed E-state index contributed by atoms with van der Waals surface area (Å²) in [6.45, 7) is 0. The van der Waals surface area contributed by atoms with Crippen molar-refractivity contribution in [3.05, 3.63) is 73.0 Å². The molecule has 158 valence electrons. The molecule has 1 aliphatic heterocycles. The first-order valence-corrected chi connectivity index (χ1v) is 10.2. The summed E-state index contributed by atoms with van der Waals surface area (Å²) in [5, 5.41) is 6.95. The van der Waals surface area contributed by atoms with Gasteiger partial charge in [0.15, 0.2) is 5.75 Å². The van der Waals surface area contributed by atoms with Crippen molar-refractivity contribution in [3.8, 4) is 17.2 Å². The Balaban J connectivity index is 1.51. The maximum atomic E-state index is 12.4. The lowest BCUT2D eigenvalue weighted by atomic mass is 9.65. The Bertz CT molecular complexity index is 1350. The van der Waals surface area contributed by atoms with Crippen LogP contribution in [0.4, 0.5) is 5.69 Å². The molecule has 1 fully saturated rings. The molecule has 1 amide bonds. The third kappa shape index (κ3) is 2.92. The standard InChI is InChI=1S/C20H15Cl2N5O4/c21-13-6-10(27-19(30)26(23)16(28)9-24-27)7-14(22)17(13)31-11-2-3-15-12(8-11)20(4-1-5-20)18(29)25-15/h2-3,6-9H,1,4-5,23H2,(H,25,29). The van der Waals surface area contributed by atoms with E-state index in [9.17, 15) is 14.4 Å². The second-order valence-corrected chi connectivity index (χ2v) is 8.30. The van der Waals surface area contributed by atoms with Crippen LogP contribution in [0.25, 0.3) is 5.69 Å². The highest BCUT2D eigenvalue weighted by Gasteiger charge is 2.51. The van der Waals surface area contributed by atoms with Crippen LogP contribution in [0.3, 0.4) is 0 Å². The Labute approximate surface area is 184 Å². The Hall–Kier alpha value is -3.30. The van der Waals surface area contributed by atoms with Gasteiger partial charge >= 0.3 is 5.69 Å². The monoisotopic (exact) mass is 459 g/mol. The van der Waals surface area contributed by atoms with Crippen molar-refractivity contribution in [1.82, 2.24) is 14.5 Å². The van der Waals surface area contributed by atoms with Crippen molar-refractivity contribution < 1.29 is 9.53 Å². The van der Waals surface area contributed by atoms with Crippen molar-refractivity contribution in [2.75, 3.05) is 11.2 Å². The van der Waals surface area contributed by atoms with Crippen molar-refractivity contribution >= 4 is 34.8 Å². The predicted octanol–water partition coefficient (Wildman–Crippen LogP) is 2.58. The molecule has 2 heterocycles. The van der Waals surface area contributed by atoms with E-state index >= 15 is 0 Å². The molecular formula is C20H15Cl2N5O4. The van der Waals surface area contributed by atoms with Gasteiger partial charge in [0.25, 0.3) is 5.56 Å². The topological polar surface area (TPSA) is 121 Å². The fourth-order valence-corrected chi connectivity index (χ4v) is 4.51. The molecular weight excluding hydrogens is 445 g/mol. The van der Waals surface area contributed by atoms with Gasteiger partial charge in [-0.15, -0.1) is 0 Å². The van der Waals surface area contributed by atoms with Gasteiger partial charge in [-0.2, -0.15) is 14.5 Å². The minimum absolute atomic E-state index is 0.0190. The summed E-state index contributed by atoms with van der Waals surface area (Å²) in [4.78, 5) is 36.1. The van der Waals surface area contributed by atoms with Crippen LogP contribution in [-0.2, 0) is 10.2 Å². The molecule has 5 rings (SSSR count). The van der Waals surface area contributed by atoms with E-state index in [0.29, 0.717) is 10.4 Å². The SMILES string of the molecule is Nn1c(=O)cnn(-c2cc(Cl)c(Oc3ccc4c(c3)C3(CCC3)C(=O)N4)c(Cl)c2)c1=O. The first kappa shape index (κ1) is 19.7. The Kier molecular flexibility index (Phi) is 4.35. The second kappa shape index (κ2) is 6.86. The number of nitrogens with one attached hydrogen (secondary N) is 1. The van der Waals surface area contributed by atoms with Gasteiger partial charge in [0, 0.05) is 5.69 Å². The van der Waals surface area contributed by atoms with E-state index in [2.05, 4.69) is 10.4 Å². The van der Waals surface area contributed by atoms with E-state index in [-0.39, 0.29) is 27.4 Å². The number of benzene rings is 2. The highest BCUT2D eigenvalue weighted by Crippen LogP contribution is 2.52. The zero-order valence-electron chi connectivity index (χ0n) is 15.9. The molecule has 0 atom stereocenters. The molecule has 0 saturated heterocycles. The Morgan fingerprint density at radius 3 is 2.45 bits per heavy atom. The van der Waals surface area contributed by atoms with E-state index < -0.39 is 16.7 Å². The zero-order chi connectivity index (χ0) is 21.9. The maximum absolute atomic E-state index is 12.4. The molecule has 1 aliphatic carbocycles. The van der Waals surface area contributed by atoms with Crippen molar-refractivity contribution in [3.63, 3.8) is 0 Å². The molecule has 31 heavy (non-hydrogen) atoms. The zero-order valence-corrected chi connectivity index (χ0v) is 17.4. The number of hydrogen-bond donors (Lipinski definition) is 2. The molecule has 0 unspecified atom stereocenters. The highest BCUT2D eigenvalue weighted by atomic mass is 35.5. The normalized spacial score (nSPS) is 16.0. The van der Waals surface area contributed by atoms with Crippen molar-refractivity contribution in [1.29, 1.82) is 0 Å². The molecule has 1 spiro atoms. The number of nitrogen functional groups attached to an aromatic ring is 1. The van der Waals surface area contributed by atoms with Crippen LogP contribution in [0.1, 0.15) is 24.8 Å². The number of halogens is 2. The number of nitrogens with zero attached hydrogens (tertiary/aromatic N) is 3. The lowest BCUT2D eigenvalue weighted by Crippen LogP contribution is -2.44. The highest BCUT2D eigenvalue weighted by molar-refractivity contribution is 6.37. The minimum Gasteiger partial charge on any atom is -0.454 e. The van der Waals surface area contributed by atoms with Gasteiger partial charge in [-0.25, -0.2) is 4.79 Å². The van der Waals surface area contributed by atoms with E-state index in [1.165, 1.54) is 12.1 Å². The maximum Gasteiger partial charge on any atom is 0.370 e. The van der Waals surface area contributed by atoms with Crippen LogP contribution in [0.5, 0.6) is 11.5 Å². The summed E-state index contributed by atoms with van der Waals surface area (Å²) in [5.74, 6) is 6.11. The molecule has 0 radical (unpaired) electrons. The summed E-state index contributed by atoms with van der Waals surface area (Å²) in [5.41, 5.74) is -0.173. The van der Waals surface area contributed by atoms with Crippen molar-refractivity contribution in [2.24, 2.45) is 0 Å². The van der Waals surface area contributed by atoms with Gasteiger partial charge in [-0.05, 0) is 48.7 Å². The molecule has 1 saturated carbocycles. The second-order valence-electron chi connectivity index (χ2n) is 7.48. The smallest absolute Gasteiger partial charge is 0.370 e. The predicted molar refractivity (Wildman–Crippen MR) is 115 cm³/mol. The molecule has 0 bridgehead atoms. The van der Waals surface area contributed by atoms with E-state index in [4.69, 9.17) is 33.8 Å². The summed E-state index contributed by atoms with van der Waals surface area (Å²) < 4.78 is 7.26. The number of fused-ring (bicyclic) bond motifs is 2. The first-order valence-electron chi connectivity index (χ1n) is 9.40. The Morgan fingerprint density at radius 1 is 1.10 bits per heavy atom. The number of hydrogen-bond acceptors (Lipinski definition) is 6. The van der Waals surface area contributed by atoms with Gasteiger partial charge in [-0.1, -0.05) is 29.6 Å². The summed E-state index contributed by atoms with van der Waals surface area (Å²) >= 11 is 12.7. The molecule has 11 heteroatoms. The quantitative estimate of drug-likeness (QED) is 0.580. The number of rotatable bonds is 3. The third-order valence-electron chi connectivity index (χ3n) is 5.75. The van der Waals surface area contributed by atoms with E-state index in [1.54, 1.807) is 12.1 Å². The number of carbonyl (C=O) groups excluding carboxylic acids is 1. The van der Waals surface area contributed by atoms with Crippen LogP contribution < -0.4 is 27.1 Å². The lowest BCUT2D eigenvalue weighted by molar-refractivity contribution is -0.123. The lowest BCUT2D eigenvalue weighted by Gasteiger charge is -2.36. The van der Waals surface area contributed by atoms with Crippen LogP contribution in [-0.4, -0.2) is 20.4 Å². The van der Waals surface area contributed by atoms with Gasteiger partial charge in [0.2, 0.25) is 5.91 Å². The van der Waals surface area contributed by atoms with E-state index in [0.717, 1.165) is 41.4 Å². The van der Waals surface area contributed by atoms with Gasteiger partial charge in [0.05, 0.1) is 21.1 Å². The first-order chi connectivity index (χ1) is 14.8. The number of amides is 1. The fourth-order valence-electron chi connectivity index (χ4n) is 3.96. The summed E-state index contributed by atoms with van der Waals surface area (Å²) in [7, 11) is 0. The van der Waals surface area contributed by atoms with Gasteiger partial charge < -0.3 is 15.9 Å². The number of nitrogens with two attached hydrogens (primary N) is 1. The average Bonchev–Trinajstić information content (AvgIpc) is 3.00. The van der Waals surface area contributed by atoms with Crippen LogP contribution in [0.2, 0.25) is 10.0 Å². The van der Waals surface area contributed by atoms with Crippen molar-refractivity contribution in [2.45, 2.75) is 24.7 Å². The van der Waals surface area contributed by atoms with E-state index in [1.807, 2.05) is 6.07 Å². The number of aromatic nitrogens is 3. The summed E-state index contributed by atoms with van der Waals surface area (Å²) in [6.07, 6.45) is 3.51. The number of ether oxygens (including phenoxy) is 1. The third-order valence-corrected chi connectivity index (χ3v) is 6.31.